The minimum atomic E-state index is -0.618. The van der Waals surface area contributed by atoms with Crippen molar-refractivity contribution in [3.8, 4) is 0 Å². The van der Waals surface area contributed by atoms with E-state index in [0.29, 0.717) is 39.0 Å². The smallest absolute Gasteiger partial charge is 0.152 e. The van der Waals surface area contributed by atoms with Crippen molar-refractivity contribution >= 4 is 11.3 Å². The van der Waals surface area contributed by atoms with Gasteiger partial charge >= 0.3 is 0 Å². The third kappa shape index (κ3) is 3.64. The highest BCUT2D eigenvalue weighted by Crippen LogP contribution is 2.26. The van der Waals surface area contributed by atoms with Crippen LogP contribution in [0.15, 0.2) is 18.5 Å². The summed E-state index contributed by atoms with van der Waals surface area (Å²) in [5.74, 6) is 0.811. The van der Waals surface area contributed by atoms with Crippen molar-refractivity contribution in [1.82, 2.24) is 14.6 Å². The number of hydrogen-bond donors (Lipinski definition) is 2. The summed E-state index contributed by atoms with van der Waals surface area (Å²) < 4.78 is 7.18. The topological polar surface area (TPSA) is 71.7 Å². The third-order valence-corrected chi connectivity index (χ3v) is 4.46. The Morgan fingerprint density at radius 3 is 2.78 bits per heavy atom. The lowest BCUT2D eigenvalue weighted by atomic mass is 9.91. The highest BCUT2D eigenvalue weighted by atomic mass is 16.5. The number of aliphatic hydroxyl groups is 1. The fourth-order valence-electron chi connectivity index (χ4n) is 2.84. The van der Waals surface area contributed by atoms with Crippen molar-refractivity contribution in [3.05, 3.63) is 24.2 Å². The molecule has 2 aromatic rings. The molecule has 1 fully saturated rings. The first-order chi connectivity index (χ1) is 10.9. The second-order valence-electron chi connectivity index (χ2n) is 7.40. The molecule has 1 aliphatic rings. The molecule has 0 unspecified atom stereocenters. The van der Waals surface area contributed by atoms with E-state index in [1.165, 1.54) is 0 Å². The maximum absolute atomic E-state index is 10.5. The predicted octanol–water partition coefficient (Wildman–Crippen LogP) is 2.37. The Morgan fingerprint density at radius 2 is 2.09 bits per heavy atom. The first kappa shape index (κ1) is 16.2. The van der Waals surface area contributed by atoms with Crippen LogP contribution < -0.4 is 5.32 Å². The van der Waals surface area contributed by atoms with Crippen LogP contribution in [-0.2, 0) is 10.2 Å². The number of anilines is 1. The van der Waals surface area contributed by atoms with E-state index in [9.17, 15) is 5.11 Å². The van der Waals surface area contributed by atoms with Crippen LogP contribution in [0.4, 0.5) is 5.82 Å². The zero-order chi connectivity index (χ0) is 16.5. The molecule has 1 saturated heterocycles. The second kappa shape index (κ2) is 6.09. The Balaban J connectivity index is 1.71. The molecule has 23 heavy (non-hydrogen) atoms. The fraction of sp³-hybridized carbons (Fsp3) is 0.647. The fourth-order valence-corrected chi connectivity index (χ4v) is 2.84. The van der Waals surface area contributed by atoms with Crippen molar-refractivity contribution in [2.45, 2.75) is 51.0 Å². The second-order valence-corrected chi connectivity index (χ2v) is 7.40. The van der Waals surface area contributed by atoms with Gasteiger partial charge in [-0.3, -0.25) is 0 Å². The molecule has 3 rings (SSSR count). The molecule has 0 radical (unpaired) electrons. The van der Waals surface area contributed by atoms with Crippen LogP contribution in [0.3, 0.4) is 0 Å². The van der Waals surface area contributed by atoms with Crippen LogP contribution in [0.2, 0.25) is 0 Å². The number of aromatic nitrogens is 3. The van der Waals surface area contributed by atoms with Gasteiger partial charge in [0.15, 0.2) is 5.82 Å². The Hall–Kier alpha value is -1.66. The van der Waals surface area contributed by atoms with E-state index < -0.39 is 5.60 Å². The maximum Gasteiger partial charge on any atom is 0.152 e. The van der Waals surface area contributed by atoms with E-state index in [-0.39, 0.29) is 5.41 Å². The first-order valence-electron chi connectivity index (χ1n) is 8.26. The molecule has 0 aliphatic carbocycles. The number of ether oxygens (including phenoxy) is 1. The molecule has 126 valence electrons. The molecule has 2 aromatic heterocycles. The summed E-state index contributed by atoms with van der Waals surface area (Å²) in [5, 5.41) is 18.5. The largest absolute Gasteiger partial charge is 0.390 e. The van der Waals surface area contributed by atoms with Crippen LogP contribution in [0, 0.1) is 0 Å². The molecule has 0 atom stereocenters. The number of hydrogen-bond acceptors (Lipinski definition) is 5. The van der Waals surface area contributed by atoms with Crippen LogP contribution >= 0.6 is 0 Å². The summed E-state index contributed by atoms with van der Waals surface area (Å²) in [4.78, 5) is 4.43. The van der Waals surface area contributed by atoms with Gasteiger partial charge in [-0.25, -0.2) is 9.50 Å². The first-order valence-corrected chi connectivity index (χ1v) is 8.26. The van der Waals surface area contributed by atoms with Crippen molar-refractivity contribution in [1.29, 1.82) is 0 Å². The molecule has 0 amide bonds. The summed E-state index contributed by atoms with van der Waals surface area (Å²) in [7, 11) is 0. The normalized spacial score (nSPS) is 18.3. The molecule has 6 heteroatoms. The Morgan fingerprint density at radius 1 is 1.35 bits per heavy atom. The van der Waals surface area contributed by atoms with Gasteiger partial charge in [0, 0.05) is 37.6 Å². The van der Waals surface area contributed by atoms with Crippen molar-refractivity contribution in [2.24, 2.45) is 0 Å². The third-order valence-electron chi connectivity index (χ3n) is 4.46. The zero-order valence-corrected chi connectivity index (χ0v) is 14.2. The number of nitrogens with one attached hydrogen (secondary N) is 1. The number of nitrogens with zero attached hydrogens (tertiary/aromatic N) is 3. The van der Waals surface area contributed by atoms with Gasteiger partial charge in [0.25, 0.3) is 0 Å². The summed E-state index contributed by atoms with van der Waals surface area (Å²) in [5.41, 5.74) is 1.39. The average molecular weight is 318 g/mol. The molecule has 0 aromatic carbocycles. The van der Waals surface area contributed by atoms with Crippen molar-refractivity contribution in [2.75, 3.05) is 25.1 Å². The van der Waals surface area contributed by atoms with Gasteiger partial charge in [0.1, 0.15) is 5.52 Å². The van der Waals surface area contributed by atoms with E-state index in [2.05, 4.69) is 42.2 Å². The predicted molar refractivity (Wildman–Crippen MR) is 89.8 cm³/mol. The minimum Gasteiger partial charge on any atom is -0.390 e. The van der Waals surface area contributed by atoms with Crippen LogP contribution in [-0.4, -0.2) is 45.1 Å². The molecule has 6 nitrogen and oxygen atoms in total. The van der Waals surface area contributed by atoms with E-state index in [1.807, 2.05) is 10.7 Å². The molecule has 0 bridgehead atoms. The van der Waals surface area contributed by atoms with Gasteiger partial charge in [0.2, 0.25) is 0 Å². The van der Waals surface area contributed by atoms with Crippen molar-refractivity contribution < 1.29 is 9.84 Å². The Bertz CT molecular complexity index is 669. The van der Waals surface area contributed by atoms with Gasteiger partial charge < -0.3 is 15.2 Å². The van der Waals surface area contributed by atoms with Crippen LogP contribution in [0.1, 0.15) is 45.7 Å². The summed E-state index contributed by atoms with van der Waals surface area (Å²) in [6.45, 7) is 8.41. The lowest BCUT2D eigenvalue weighted by Gasteiger charge is -2.32. The van der Waals surface area contributed by atoms with Gasteiger partial charge in [0.05, 0.1) is 11.3 Å². The molecule has 0 saturated carbocycles. The van der Waals surface area contributed by atoms with Gasteiger partial charge in [-0.15, -0.1) is 0 Å². The number of rotatable bonds is 4. The highest BCUT2D eigenvalue weighted by molar-refractivity contribution is 5.68. The molecule has 1 aliphatic heterocycles. The summed E-state index contributed by atoms with van der Waals surface area (Å²) >= 11 is 0. The zero-order valence-electron chi connectivity index (χ0n) is 14.2. The molecular formula is C17H26N4O2. The Kier molecular flexibility index (Phi) is 4.29. The van der Waals surface area contributed by atoms with E-state index in [1.54, 1.807) is 6.20 Å². The lowest BCUT2D eigenvalue weighted by molar-refractivity contribution is -0.0657. The van der Waals surface area contributed by atoms with Crippen LogP contribution in [0.5, 0.6) is 0 Å². The quantitative estimate of drug-likeness (QED) is 0.905. The molecular weight excluding hydrogens is 292 g/mol. The molecule has 0 spiro atoms. The number of fused-ring (bicyclic) bond motifs is 1. The minimum absolute atomic E-state index is 0.000540. The highest BCUT2D eigenvalue weighted by Gasteiger charge is 2.29. The molecule has 3 heterocycles. The summed E-state index contributed by atoms with van der Waals surface area (Å²) in [6, 6.07) is 2.08. The van der Waals surface area contributed by atoms with Gasteiger partial charge in [-0.1, -0.05) is 20.8 Å². The standard InChI is InChI=1S/C17H26N4O2/c1-16(2,3)14-12-13-15(19-8-9-21(13)20-14)18-7-4-17(22)5-10-23-11-6-17/h8-9,12,22H,4-7,10-11H2,1-3H3,(H,18,19). The van der Waals surface area contributed by atoms with Gasteiger partial charge in [-0.2, -0.15) is 5.10 Å². The monoisotopic (exact) mass is 318 g/mol. The van der Waals surface area contributed by atoms with E-state index >= 15 is 0 Å². The van der Waals surface area contributed by atoms with Crippen molar-refractivity contribution in [3.63, 3.8) is 0 Å². The Labute approximate surface area is 136 Å². The van der Waals surface area contributed by atoms with Crippen LogP contribution in [0.25, 0.3) is 5.52 Å². The molecule has 2 N–H and O–H groups in total. The van der Waals surface area contributed by atoms with E-state index in [4.69, 9.17) is 4.74 Å². The van der Waals surface area contributed by atoms with E-state index in [0.717, 1.165) is 17.0 Å². The van der Waals surface area contributed by atoms with Gasteiger partial charge in [-0.05, 0) is 25.3 Å². The summed E-state index contributed by atoms with van der Waals surface area (Å²) in [6.07, 6.45) is 5.71. The SMILES string of the molecule is CC(C)(C)c1cc2c(NCCC3(O)CCOCC3)nccn2n1. The average Bonchev–Trinajstić information content (AvgIpc) is 2.93. The lowest BCUT2D eigenvalue weighted by Crippen LogP contribution is -2.37. The maximum atomic E-state index is 10.5.